The Hall–Kier alpha value is -1.85. The van der Waals surface area contributed by atoms with Crippen molar-refractivity contribution in [1.82, 2.24) is 0 Å². The molecule has 1 aliphatic heterocycles. The van der Waals surface area contributed by atoms with Crippen LogP contribution in [0.4, 0.5) is 14.5 Å². The normalized spacial score (nSPS) is 16.9. The third-order valence-corrected chi connectivity index (χ3v) is 3.67. The molecule has 0 bridgehead atoms. The summed E-state index contributed by atoms with van der Waals surface area (Å²) in [6.45, 7) is 0.770. The predicted octanol–water partition coefficient (Wildman–Crippen LogP) is 3.42. The van der Waals surface area contributed by atoms with Gasteiger partial charge >= 0.3 is 0 Å². The van der Waals surface area contributed by atoms with Crippen LogP contribution in [-0.2, 0) is 0 Å². The van der Waals surface area contributed by atoms with E-state index in [1.165, 1.54) is 24.3 Å². The Kier molecular flexibility index (Phi) is 3.69. The lowest BCUT2D eigenvalue weighted by atomic mass is 10.0. The predicted molar refractivity (Wildman–Crippen MR) is 78.8 cm³/mol. The van der Waals surface area contributed by atoms with Gasteiger partial charge < -0.3 is 15.8 Å². The minimum absolute atomic E-state index is 0.120. The van der Waals surface area contributed by atoms with Crippen molar-refractivity contribution in [3.63, 3.8) is 0 Å². The highest BCUT2D eigenvalue weighted by Crippen LogP contribution is 2.43. The second kappa shape index (κ2) is 5.50. The van der Waals surface area contributed by atoms with Crippen LogP contribution < -0.4 is 15.8 Å². The van der Waals surface area contributed by atoms with Gasteiger partial charge in [-0.2, -0.15) is 0 Å². The van der Waals surface area contributed by atoms with E-state index < -0.39 is 11.6 Å². The Morgan fingerprint density at radius 2 is 2.14 bits per heavy atom. The Labute approximate surface area is 125 Å². The van der Waals surface area contributed by atoms with Gasteiger partial charge in [0, 0.05) is 23.7 Å². The lowest BCUT2D eigenvalue weighted by molar-refractivity contribution is 0.214. The lowest BCUT2D eigenvalue weighted by Crippen LogP contribution is -2.37. The number of hydrogen-bond acceptors (Lipinski definition) is 3. The number of fused-ring (bicyclic) bond motifs is 1. The monoisotopic (exact) mass is 310 g/mol. The van der Waals surface area contributed by atoms with Crippen molar-refractivity contribution < 1.29 is 13.5 Å². The molecule has 1 heterocycles. The summed E-state index contributed by atoms with van der Waals surface area (Å²) in [6.07, 6.45) is -0.257. The molecule has 2 aromatic rings. The average Bonchev–Trinajstić information content (AvgIpc) is 2.46. The van der Waals surface area contributed by atoms with Crippen LogP contribution in [0, 0.1) is 11.6 Å². The Morgan fingerprint density at radius 1 is 1.33 bits per heavy atom. The van der Waals surface area contributed by atoms with Crippen molar-refractivity contribution in [2.24, 2.45) is 5.73 Å². The molecule has 0 amide bonds. The minimum atomic E-state index is -0.534. The summed E-state index contributed by atoms with van der Waals surface area (Å²) >= 11 is 6.07. The van der Waals surface area contributed by atoms with E-state index in [0.717, 1.165) is 0 Å². The molecule has 3 rings (SSSR count). The van der Waals surface area contributed by atoms with Gasteiger partial charge in [0.05, 0.1) is 17.3 Å². The van der Waals surface area contributed by atoms with Crippen molar-refractivity contribution in [2.45, 2.75) is 6.10 Å². The standard InChI is InChI=1S/C15H13ClF2N2O/c16-11-2-1-3-12(18)14(11)10-4-8(17)5-13-15(10)21-9(6-19)7-20-13/h1-5,9,20H,6-7,19H2. The van der Waals surface area contributed by atoms with Gasteiger partial charge in [0.15, 0.2) is 5.75 Å². The molecule has 6 heteroatoms. The van der Waals surface area contributed by atoms with Crippen LogP contribution in [-0.4, -0.2) is 19.2 Å². The second-order valence-electron chi connectivity index (χ2n) is 4.78. The highest BCUT2D eigenvalue weighted by molar-refractivity contribution is 6.33. The number of hydrogen-bond donors (Lipinski definition) is 2. The van der Waals surface area contributed by atoms with Crippen LogP contribution in [0.1, 0.15) is 0 Å². The van der Waals surface area contributed by atoms with E-state index in [0.29, 0.717) is 24.5 Å². The Morgan fingerprint density at radius 3 is 2.86 bits per heavy atom. The molecule has 3 N–H and O–H groups in total. The van der Waals surface area contributed by atoms with Gasteiger partial charge in [-0.05, 0) is 18.2 Å². The third kappa shape index (κ3) is 2.54. The van der Waals surface area contributed by atoms with Gasteiger partial charge in [0.1, 0.15) is 17.7 Å². The van der Waals surface area contributed by atoms with E-state index in [1.807, 2.05) is 0 Å². The van der Waals surface area contributed by atoms with Crippen LogP contribution in [0.2, 0.25) is 5.02 Å². The summed E-state index contributed by atoms with van der Waals surface area (Å²) in [7, 11) is 0. The fraction of sp³-hybridized carbons (Fsp3) is 0.200. The summed E-state index contributed by atoms with van der Waals surface area (Å²) in [4.78, 5) is 0. The van der Waals surface area contributed by atoms with E-state index in [-0.39, 0.29) is 22.3 Å². The smallest absolute Gasteiger partial charge is 0.151 e. The zero-order chi connectivity index (χ0) is 15.0. The fourth-order valence-electron chi connectivity index (χ4n) is 2.36. The summed E-state index contributed by atoms with van der Waals surface area (Å²) in [5.74, 6) is -0.663. The molecule has 0 radical (unpaired) electrons. The van der Waals surface area contributed by atoms with Crippen LogP contribution in [0.15, 0.2) is 30.3 Å². The van der Waals surface area contributed by atoms with Gasteiger partial charge in [0.25, 0.3) is 0 Å². The molecule has 110 valence electrons. The van der Waals surface area contributed by atoms with Crippen molar-refractivity contribution in [2.75, 3.05) is 18.4 Å². The number of anilines is 1. The van der Waals surface area contributed by atoms with E-state index in [4.69, 9.17) is 22.1 Å². The van der Waals surface area contributed by atoms with Crippen molar-refractivity contribution in [3.8, 4) is 16.9 Å². The first kappa shape index (κ1) is 14.1. The number of ether oxygens (including phenoxy) is 1. The summed E-state index contributed by atoms with van der Waals surface area (Å²) in [5.41, 5.74) is 6.46. The molecule has 1 unspecified atom stereocenters. The molecular weight excluding hydrogens is 298 g/mol. The molecule has 3 nitrogen and oxygen atoms in total. The fourth-order valence-corrected chi connectivity index (χ4v) is 2.62. The summed E-state index contributed by atoms with van der Waals surface area (Å²) in [5, 5.41) is 3.24. The number of rotatable bonds is 2. The average molecular weight is 311 g/mol. The highest BCUT2D eigenvalue weighted by atomic mass is 35.5. The molecule has 0 aliphatic carbocycles. The quantitative estimate of drug-likeness (QED) is 0.893. The molecule has 21 heavy (non-hydrogen) atoms. The molecule has 0 spiro atoms. The SMILES string of the molecule is NCC1CNc2cc(F)cc(-c3c(F)cccc3Cl)c2O1. The zero-order valence-corrected chi connectivity index (χ0v) is 11.8. The van der Waals surface area contributed by atoms with Crippen molar-refractivity contribution >= 4 is 17.3 Å². The van der Waals surface area contributed by atoms with E-state index in [2.05, 4.69) is 5.32 Å². The van der Waals surface area contributed by atoms with Gasteiger partial charge in [-0.1, -0.05) is 17.7 Å². The molecule has 2 aromatic carbocycles. The van der Waals surface area contributed by atoms with Crippen molar-refractivity contribution in [1.29, 1.82) is 0 Å². The maximum absolute atomic E-state index is 14.1. The van der Waals surface area contributed by atoms with Crippen LogP contribution in [0.5, 0.6) is 5.75 Å². The molecule has 1 aliphatic rings. The zero-order valence-electron chi connectivity index (χ0n) is 11.0. The number of halogens is 3. The molecule has 0 saturated heterocycles. The lowest BCUT2D eigenvalue weighted by Gasteiger charge is -2.28. The van der Waals surface area contributed by atoms with E-state index in [1.54, 1.807) is 6.07 Å². The maximum Gasteiger partial charge on any atom is 0.151 e. The molecule has 0 aromatic heterocycles. The topological polar surface area (TPSA) is 47.3 Å². The summed E-state index contributed by atoms with van der Waals surface area (Å²) in [6, 6.07) is 6.84. The second-order valence-corrected chi connectivity index (χ2v) is 5.19. The first-order valence-corrected chi connectivity index (χ1v) is 6.86. The van der Waals surface area contributed by atoms with Crippen LogP contribution in [0.3, 0.4) is 0 Å². The Bertz CT molecular complexity index is 673. The molecule has 0 fully saturated rings. The van der Waals surface area contributed by atoms with Gasteiger partial charge in [-0.15, -0.1) is 0 Å². The number of nitrogens with two attached hydrogens (primary N) is 1. The highest BCUT2D eigenvalue weighted by Gasteiger charge is 2.25. The minimum Gasteiger partial charge on any atom is -0.484 e. The first-order chi connectivity index (χ1) is 10.1. The number of nitrogens with one attached hydrogen (secondary N) is 1. The van der Waals surface area contributed by atoms with Gasteiger partial charge in [0.2, 0.25) is 0 Å². The molecule has 1 atom stereocenters. The van der Waals surface area contributed by atoms with Crippen molar-refractivity contribution in [3.05, 3.63) is 47.0 Å². The van der Waals surface area contributed by atoms with Crippen LogP contribution >= 0.6 is 11.6 Å². The van der Waals surface area contributed by atoms with E-state index >= 15 is 0 Å². The third-order valence-electron chi connectivity index (χ3n) is 3.35. The maximum atomic E-state index is 14.1. The number of benzene rings is 2. The Balaban J connectivity index is 2.21. The molecular formula is C15H13ClF2N2O. The van der Waals surface area contributed by atoms with Gasteiger partial charge in [-0.3, -0.25) is 0 Å². The molecule has 0 saturated carbocycles. The van der Waals surface area contributed by atoms with Crippen LogP contribution in [0.25, 0.3) is 11.1 Å². The largest absolute Gasteiger partial charge is 0.484 e. The van der Waals surface area contributed by atoms with E-state index in [9.17, 15) is 8.78 Å². The van der Waals surface area contributed by atoms with Gasteiger partial charge in [-0.25, -0.2) is 8.78 Å². The summed E-state index contributed by atoms with van der Waals surface area (Å²) < 4.78 is 33.7. The first-order valence-electron chi connectivity index (χ1n) is 6.48.